The quantitative estimate of drug-likeness (QED) is 0.451. The molecule has 0 bridgehead atoms. The SMILES string of the molecule is CC(C)N(C(C)C)P(OCC1(c2ccccc2)CC1)N(C(C)C)C(C)C. The minimum absolute atomic E-state index is 0.237. The molecule has 0 saturated heterocycles. The van der Waals surface area contributed by atoms with Crippen LogP contribution in [0.1, 0.15) is 73.8 Å². The van der Waals surface area contributed by atoms with Crippen molar-refractivity contribution >= 4 is 8.45 Å². The molecule has 0 N–H and O–H groups in total. The number of benzene rings is 1. The summed E-state index contributed by atoms with van der Waals surface area (Å²) in [6, 6.07) is 12.8. The van der Waals surface area contributed by atoms with Crippen LogP contribution in [0.4, 0.5) is 0 Å². The smallest absolute Gasteiger partial charge is 0.188 e. The predicted octanol–water partition coefficient (Wildman–Crippen LogP) is 6.20. The first-order chi connectivity index (χ1) is 12.2. The summed E-state index contributed by atoms with van der Waals surface area (Å²) in [5, 5.41) is 0. The number of rotatable bonds is 10. The lowest BCUT2D eigenvalue weighted by atomic mass is 9.97. The molecule has 148 valence electrons. The van der Waals surface area contributed by atoms with Crippen molar-refractivity contribution in [1.29, 1.82) is 0 Å². The molecule has 0 heterocycles. The van der Waals surface area contributed by atoms with Gasteiger partial charge in [-0.05, 0) is 73.8 Å². The zero-order valence-electron chi connectivity index (χ0n) is 18.1. The fourth-order valence-corrected chi connectivity index (χ4v) is 6.32. The van der Waals surface area contributed by atoms with Gasteiger partial charge < -0.3 is 4.52 Å². The van der Waals surface area contributed by atoms with Gasteiger partial charge in [-0.15, -0.1) is 0 Å². The monoisotopic (exact) mass is 378 g/mol. The Morgan fingerprint density at radius 1 is 0.808 bits per heavy atom. The fraction of sp³-hybridized carbons (Fsp3) is 0.727. The van der Waals surface area contributed by atoms with Crippen molar-refractivity contribution in [3.8, 4) is 0 Å². The molecule has 26 heavy (non-hydrogen) atoms. The van der Waals surface area contributed by atoms with Crippen LogP contribution in [-0.2, 0) is 9.94 Å². The Hall–Kier alpha value is -0.470. The fourth-order valence-electron chi connectivity index (χ4n) is 3.88. The highest BCUT2D eigenvalue weighted by molar-refractivity contribution is 7.47. The van der Waals surface area contributed by atoms with E-state index in [2.05, 4.69) is 95.1 Å². The van der Waals surface area contributed by atoms with Crippen LogP contribution >= 0.6 is 8.45 Å². The normalized spacial score (nSPS) is 16.9. The van der Waals surface area contributed by atoms with Crippen LogP contribution in [0.2, 0.25) is 0 Å². The maximum atomic E-state index is 6.81. The van der Waals surface area contributed by atoms with Crippen molar-refractivity contribution < 1.29 is 4.52 Å². The minimum Gasteiger partial charge on any atom is -0.330 e. The molecular formula is C22H39N2OP. The molecule has 0 aliphatic heterocycles. The molecule has 0 amide bonds. The van der Waals surface area contributed by atoms with Crippen LogP contribution in [0.5, 0.6) is 0 Å². The van der Waals surface area contributed by atoms with Gasteiger partial charge in [-0.1, -0.05) is 30.3 Å². The number of hydrogen-bond donors (Lipinski definition) is 0. The second-order valence-electron chi connectivity index (χ2n) is 8.81. The highest BCUT2D eigenvalue weighted by Gasteiger charge is 2.46. The Morgan fingerprint density at radius 2 is 1.23 bits per heavy atom. The summed E-state index contributed by atoms with van der Waals surface area (Å²) < 4.78 is 12.0. The van der Waals surface area contributed by atoms with E-state index in [0.717, 1.165) is 6.61 Å². The molecule has 0 aromatic heterocycles. The Balaban J connectivity index is 2.24. The summed E-state index contributed by atoms with van der Waals surface area (Å²) in [5.74, 6) is 0. The van der Waals surface area contributed by atoms with Crippen molar-refractivity contribution in [3.05, 3.63) is 35.9 Å². The highest BCUT2D eigenvalue weighted by atomic mass is 31.2. The molecule has 2 rings (SSSR count). The molecule has 1 aromatic carbocycles. The third-order valence-corrected chi connectivity index (χ3v) is 8.21. The largest absolute Gasteiger partial charge is 0.330 e. The zero-order chi connectivity index (χ0) is 19.5. The second kappa shape index (κ2) is 9.15. The van der Waals surface area contributed by atoms with Crippen molar-refractivity contribution in [1.82, 2.24) is 9.34 Å². The second-order valence-corrected chi connectivity index (χ2v) is 10.5. The van der Waals surface area contributed by atoms with Crippen LogP contribution in [0.25, 0.3) is 0 Å². The van der Waals surface area contributed by atoms with Gasteiger partial charge in [0.25, 0.3) is 0 Å². The summed E-state index contributed by atoms with van der Waals surface area (Å²) in [4.78, 5) is 0. The lowest BCUT2D eigenvalue weighted by molar-refractivity contribution is 0.176. The Morgan fingerprint density at radius 3 is 1.58 bits per heavy atom. The molecule has 1 aromatic rings. The average Bonchev–Trinajstić information content (AvgIpc) is 3.33. The Kier molecular flexibility index (Phi) is 7.68. The molecule has 1 aliphatic rings. The summed E-state index contributed by atoms with van der Waals surface area (Å²) in [6.07, 6.45) is 2.49. The summed E-state index contributed by atoms with van der Waals surface area (Å²) in [6.45, 7) is 19.2. The molecule has 0 unspecified atom stereocenters. The van der Waals surface area contributed by atoms with Crippen LogP contribution in [-0.4, -0.2) is 40.1 Å². The van der Waals surface area contributed by atoms with Crippen LogP contribution < -0.4 is 0 Å². The predicted molar refractivity (Wildman–Crippen MR) is 114 cm³/mol. The van der Waals surface area contributed by atoms with Gasteiger partial charge in [0.2, 0.25) is 0 Å². The maximum absolute atomic E-state index is 6.81. The summed E-state index contributed by atoms with van der Waals surface area (Å²) in [5.41, 5.74) is 1.68. The van der Waals surface area contributed by atoms with E-state index in [0.29, 0.717) is 24.2 Å². The molecule has 0 radical (unpaired) electrons. The standard InChI is InChI=1S/C22H39N2OP/c1-17(2)23(18(3)4)26(24(19(5)6)20(7)8)25-16-22(14-15-22)21-12-10-9-11-13-21/h9-13,17-20H,14-16H2,1-8H3. The first-order valence-corrected chi connectivity index (χ1v) is 11.4. The molecule has 1 saturated carbocycles. The lowest BCUT2D eigenvalue weighted by Gasteiger charge is -2.46. The van der Waals surface area contributed by atoms with Crippen molar-refractivity contribution in [2.24, 2.45) is 0 Å². The molecular weight excluding hydrogens is 339 g/mol. The van der Waals surface area contributed by atoms with Gasteiger partial charge in [0, 0.05) is 29.6 Å². The summed E-state index contributed by atoms with van der Waals surface area (Å²) >= 11 is 0. The molecule has 0 spiro atoms. The molecule has 3 nitrogen and oxygen atoms in total. The number of hydrogen-bond acceptors (Lipinski definition) is 3. The maximum Gasteiger partial charge on any atom is 0.188 e. The van der Waals surface area contributed by atoms with Crippen molar-refractivity contribution in [2.75, 3.05) is 6.61 Å². The first kappa shape index (κ1) is 21.8. The van der Waals surface area contributed by atoms with Gasteiger partial charge in [-0.3, -0.25) is 0 Å². The van der Waals surface area contributed by atoms with Gasteiger partial charge in [-0.2, -0.15) is 0 Å². The van der Waals surface area contributed by atoms with E-state index < -0.39 is 8.45 Å². The van der Waals surface area contributed by atoms with Crippen molar-refractivity contribution in [3.63, 3.8) is 0 Å². The third kappa shape index (κ3) is 5.07. The average molecular weight is 379 g/mol. The molecule has 1 fully saturated rings. The van der Waals surface area contributed by atoms with Gasteiger partial charge in [0.05, 0.1) is 6.61 Å². The third-order valence-electron chi connectivity index (χ3n) is 5.21. The van der Waals surface area contributed by atoms with E-state index in [-0.39, 0.29) is 5.41 Å². The zero-order valence-corrected chi connectivity index (χ0v) is 19.0. The van der Waals surface area contributed by atoms with Crippen LogP contribution in [0.15, 0.2) is 30.3 Å². The Bertz CT molecular complexity index is 504. The highest BCUT2D eigenvalue weighted by Crippen LogP contribution is 2.55. The molecule has 0 atom stereocenters. The minimum atomic E-state index is -0.793. The van der Waals surface area contributed by atoms with Gasteiger partial charge in [-0.25, -0.2) is 9.34 Å². The van der Waals surface area contributed by atoms with Crippen LogP contribution in [0.3, 0.4) is 0 Å². The van der Waals surface area contributed by atoms with E-state index in [4.69, 9.17) is 4.52 Å². The van der Waals surface area contributed by atoms with E-state index in [1.165, 1.54) is 18.4 Å². The van der Waals surface area contributed by atoms with Crippen molar-refractivity contribution in [2.45, 2.75) is 97.8 Å². The molecule has 1 aliphatic carbocycles. The first-order valence-electron chi connectivity index (χ1n) is 10.2. The van der Waals surface area contributed by atoms with E-state index in [9.17, 15) is 0 Å². The van der Waals surface area contributed by atoms with E-state index in [1.54, 1.807) is 0 Å². The topological polar surface area (TPSA) is 15.7 Å². The van der Waals surface area contributed by atoms with Gasteiger partial charge in [0.15, 0.2) is 8.45 Å². The van der Waals surface area contributed by atoms with Crippen LogP contribution in [0, 0.1) is 0 Å². The van der Waals surface area contributed by atoms with Gasteiger partial charge in [0.1, 0.15) is 0 Å². The number of nitrogens with zero attached hydrogens (tertiary/aromatic N) is 2. The van der Waals surface area contributed by atoms with Gasteiger partial charge >= 0.3 is 0 Å². The Labute approximate surface area is 163 Å². The van der Waals surface area contributed by atoms with E-state index >= 15 is 0 Å². The summed E-state index contributed by atoms with van der Waals surface area (Å²) in [7, 11) is -0.793. The van der Waals surface area contributed by atoms with E-state index in [1.807, 2.05) is 0 Å². The lowest BCUT2D eigenvalue weighted by Crippen LogP contribution is -2.43. The molecule has 4 heteroatoms.